The Hall–Kier alpha value is -1.61. The van der Waals surface area contributed by atoms with Gasteiger partial charge in [-0.1, -0.05) is 26.0 Å². The lowest BCUT2D eigenvalue weighted by atomic mass is 9.44. The van der Waals surface area contributed by atoms with E-state index in [-0.39, 0.29) is 10.8 Å². The van der Waals surface area contributed by atoms with Crippen molar-refractivity contribution in [1.29, 1.82) is 0 Å². The smallest absolute Gasteiger partial charge is 0.159 e. The third-order valence-electron chi connectivity index (χ3n) is 10.1. The number of carbonyl (C=O) groups excluding carboxylic acids is 1. The second-order valence-corrected chi connectivity index (χ2v) is 11.3. The van der Waals surface area contributed by atoms with Gasteiger partial charge in [0.15, 0.2) is 5.78 Å². The molecular weight excluding hydrogens is 372 g/mol. The van der Waals surface area contributed by atoms with E-state index in [0.29, 0.717) is 35.9 Å². The molecule has 1 aromatic heterocycles. The van der Waals surface area contributed by atoms with Gasteiger partial charge < -0.3 is 9.52 Å². The van der Waals surface area contributed by atoms with Crippen LogP contribution in [-0.4, -0.2) is 16.5 Å². The summed E-state index contributed by atoms with van der Waals surface area (Å²) in [6.45, 7) is 6.90. The van der Waals surface area contributed by atoms with Crippen molar-refractivity contribution in [1.82, 2.24) is 0 Å². The Labute approximate surface area is 180 Å². The first-order valence-corrected chi connectivity index (χ1v) is 11.9. The van der Waals surface area contributed by atoms with E-state index in [1.54, 1.807) is 6.26 Å². The maximum Gasteiger partial charge on any atom is 0.159 e. The van der Waals surface area contributed by atoms with Gasteiger partial charge in [0.2, 0.25) is 0 Å². The number of Topliss-reactive ketones (excluding diaryl/α,β-unsaturated/α-hetero) is 1. The van der Waals surface area contributed by atoms with Crippen LogP contribution < -0.4 is 0 Å². The van der Waals surface area contributed by atoms with Crippen LogP contribution in [0, 0.1) is 34.5 Å². The summed E-state index contributed by atoms with van der Waals surface area (Å²) in [6.07, 6.45) is 16.1. The number of hydrogen-bond acceptors (Lipinski definition) is 3. The van der Waals surface area contributed by atoms with Gasteiger partial charge in [-0.25, -0.2) is 0 Å². The van der Waals surface area contributed by atoms with Crippen molar-refractivity contribution in [3.05, 3.63) is 41.9 Å². The average Bonchev–Trinajstić information content (AvgIpc) is 3.29. The Morgan fingerprint density at radius 3 is 2.67 bits per heavy atom. The lowest BCUT2D eigenvalue weighted by Crippen LogP contribution is -2.56. The highest BCUT2D eigenvalue weighted by Gasteiger charge is 2.63. The molecule has 3 unspecified atom stereocenters. The van der Waals surface area contributed by atoms with Crippen molar-refractivity contribution < 1.29 is 14.3 Å². The SMILES string of the molecule is C[C@]1(O)CCC2C3CC[C@H]4CC(=O)/C(=C\C=C\c5ccco5)C[C@]4(C)C3CC[C@@]21C. The van der Waals surface area contributed by atoms with Crippen molar-refractivity contribution in [3.63, 3.8) is 0 Å². The maximum atomic E-state index is 12.9. The van der Waals surface area contributed by atoms with Gasteiger partial charge in [-0.3, -0.25) is 4.79 Å². The maximum absolute atomic E-state index is 12.9. The zero-order chi connectivity index (χ0) is 21.1. The van der Waals surface area contributed by atoms with E-state index in [1.165, 1.54) is 25.7 Å². The second-order valence-electron chi connectivity index (χ2n) is 11.3. The number of rotatable bonds is 2. The lowest BCUT2D eigenvalue weighted by molar-refractivity contribution is -0.147. The van der Waals surface area contributed by atoms with Crippen molar-refractivity contribution in [2.45, 2.75) is 77.7 Å². The van der Waals surface area contributed by atoms with Crippen LogP contribution in [0.4, 0.5) is 0 Å². The van der Waals surface area contributed by atoms with Crippen LogP contribution in [0.1, 0.15) is 77.9 Å². The van der Waals surface area contributed by atoms with Gasteiger partial charge in [0.25, 0.3) is 0 Å². The summed E-state index contributed by atoms with van der Waals surface area (Å²) in [5.41, 5.74) is 0.734. The highest BCUT2D eigenvalue weighted by Crippen LogP contribution is 2.68. The number of fused-ring (bicyclic) bond motifs is 5. The molecule has 7 atom stereocenters. The van der Waals surface area contributed by atoms with E-state index in [0.717, 1.165) is 30.6 Å². The van der Waals surface area contributed by atoms with Gasteiger partial charge >= 0.3 is 0 Å². The van der Waals surface area contributed by atoms with E-state index >= 15 is 0 Å². The van der Waals surface area contributed by atoms with Crippen LogP contribution in [-0.2, 0) is 4.79 Å². The van der Waals surface area contributed by atoms with Gasteiger partial charge in [-0.2, -0.15) is 0 Å². The van der Waals surface area contributed by atoms with Gasteiger partial charge in [-0.05, 0) is 110 Å². The van der Waals surface area contributed by atoms with Crippen LogP contribution in [0.25, 0.3) is 6.08 Å². The number of aliphatic hydroxyl groups is 1. The highest BCUT2D eigenvalue weighted by atomic mass is 16.3. The Morgan fingerprint density at radius 2 is 1.90 bits per heavy atom. The molecule has 0 saturated heterocycles. The standard InChI is InChI=1S/C27H36O3/c1-25-17-18(6-4-7-20-8-5-15-30-20)24(28)16-19(25)9-10-21-22(25)11-13-26(2)23(21)12-14-27(26,3)29/h4-8,15,19,21-23,29H,9-14,16-17H2,1-3H3/b7-4+,18-6-/t19-,21?,22?,23?,25-,26-,27-/m0/s1. The first-order valence-electron chi connectivity index (χ1n) is 11.9. The molecule has 5 rings (SSSR count). The molecule has 1 aromatic rings. The molecule has 4 aliphatic carbocycles. The molecule has 0 radical (unpaired) electrons. The Morgan fingerprint density at radius 1 is 1.10 bits per heavy atom. The van der Waals surface area contributed by atoms with E-state index in [4.69, 9.17) is 4.42 Å². The summed E-state index contributed by atoms with van der Waals surface area (Å²) in [7, 11) is 0. The average molecular weight is 409 g/mol. The number of furan rings is 1. The molecule has 30 heavy (non-hydrogen) atoms. The zero-order valence-corrected chi connectivity index (χ0v) is 18.7. The number of allylic oxidation sites excluding steroid dienone is 3. The van der Waals surface area contributed by atoms with Crippen molar-refractivity contribution in [2.24, 2.45) is 34.5 Å². The molecule has 4 fully saturated rings. The summed E-state index contributed by atoms with van der Waals surface area (Å²) >= 11 is 0. The fraction of sp³-hybridized carbons (Fsp3) is 0.667. The molecular formula is C27H36O3. The summed E-state index contributed by atoms with van der Waals surface area (Å²) in [4.78, 5) is 12.9. The Bertz CT molecular complexity index is 876. The van der Waals surface area contributed by atoms with Crippen LogP contribution >= 0.6 is 0 Å². The predicted octanol–water partition coefficient (Wildman–Crippen LogP) is 6.19. The molecule has 3 nitrogen and oxygen atoms in total. The third-order valence-corrected chi connectivity index (χ3v) is 10.1. The number of hydrogen-bond donors (Lipinski definition) is 1. The van der Waals surface area contributed by atoms with Crippen LogP contribution in [0.2, 0.25) is 0 Å². The van der Waals surface area contributed by atoms with Crippen molar-refractivity contribution >= 4 is 11.9 Å². The van der Waals surface area contributed by atoms with Crippen molar-refractivity contribution in [2.75, 3.05) is 0 Å². The molecule has 0 spiro atoms. The summed E-state index contributed by atoms with van der Waals surface area (Å²) in [5.74, 6) is 3.68. The minimum absolute atomic E-state index is 0.0618. The summed E-state index contributed by atoms with van der Waals surface area (Å²) < 4.78 is 5.37. The Kier molecular flexibility index (Phi) is 4.70. The molecule has 0 amide bonds. The molecule has 0 aliphatic heterocycles. The quantitative estimate of drug-likeness (QED) is 0.593. The topological polar surface area (TPSA) is 50.4 Å². The first-order chi connectivity index (χ1) is 14.2. The lowest BCUT2D eigenvalue weighted by Gasteiger charge is -2.61. The molecule has 0 aromatic carbocycles. The van der Waals surface area contributed by atoms with Crippen molar-refractivity contribution in [3.8, 4) is 0 Å². The van der Waals surface area contributed by atoms with Gasteiger partial charge in [0.1, 0.15) is 5.76 Å². The fourth-order valence-corrected chi connectivity index (χ4v) is 8.05. The number of carbonyl (C=O) groups is 1. The van der Waals surface area contributed by atoms with Gasteiger partial charge in [0, 0.05) is 6.42 Å². The number of ketones is 1. The van der Waals surface area contributed by atoms with E-state index in [2.05, 4.69) is 20.8 Å². The highest BCUT2D eigenvalue weighted by molar-refractivity contribution is 5.97. The molecule has 4 aliphatic rings. The van der Waals surface area contributed by atoms with Gasteiger partial charge in [-0.15, -0.1) is 0 Å². The fourth-order valence-electron chi connectivity index (χ4n) is 8.05. The second kappa shape index (κ2) is 6.95. The third kappa shape index (κ3) is 2.92. The molecule has 162 valence electrons. The minimum Gasteiger partial charge on any atom is -0.465 e. The molecule has 3 heteroatoms. The van der Waals surface area contributed by atoms with E-state index in [9.17, 15) is 9.90 Å². The molecule has 4 saturated carbocycles. The molecule has 1 heterocycles. The van der Waals surface area contributed by atoms with Crippen LogP contribution in [0.3, 0.4) is 0 Å². The summed E-state index contributed by atoms with van der Waals surface area (Å²) in [6, 6.07) is 3.81. The molecule has 1 N–H and O–H groups in total. The molecule has 0 bridgehead atoms. The van der Waals surface area contributed by atoms with Gasteiger partial charge in [0.05, 0.1) is 11.9 Å². The zero-order valence-electron chi connectivity index (χ0n) is 18.7. The van der Waals surface area contributed by atoms with E-state index < -0.39 is 5.60 Å². The Balaban J connectivity index is 1.41. The van der Waals surface area contributed by atoms with E-state index in [1.807, 2.05) is 30.4 Å². The monoisotopic (exact) mass is 408 g/mol. The first kappa shape index (κ1) is 20.3. The van der Waals surface area contributed by atoms with Crippen LogP contribution in [0.5, 0.6) is 0 Å². The summed E-state index contributed by atoms with van der Waals surface area (Å²) in [5, 5.41) is 11.1. The normalized spacial score (nSPS) is 47.3. The van der Waals surface area contributed by atoms with Crippen LogP contribution in [0.15, 0.2) is 40.5 Å². The minimum atomic E-state index is -0.523. The largest absolute Gasteiger partial charge is 0.465 e. The predicted molar refractivity (Wildman–Crippen MR) is 119 cm³/mol.